The average molecular weight is 338 g/mol. The summed E-state index contributed by atoms with van der Waals surface area (Å²) in [6.45, 7) is 13.7. The first-order valence-electron chi connectivity index (χ1n) is 7.92. The van der Waals surface area contributed by atoms with Gasteiger partial charge in [-0.05, 0) is 50.3 Å². The van der Waals surface area contributed by atoms with Gasteiger partial charge < -0.3 is 0 Å². The van der Waals surface area contributed by atoms with Crippen molar-refractivity contribution >= 4 is 34.7 Å². The minimum atomic E-state index is 0.677. The van der Waals surface area contributed by atoms with E-state index in [1.165, 1.54) is 11.9 Å². The molecule has 0 atom stereocenters. The first-order valence-corrected chi connectivity index (χ1v) is 8.70. The summed E-state index contributed by atoms with van der Waals surface area (Å²) >= 11 is 1.23. The third kappa shape index (κ3) is 4.38. The Morgan fingerprint density at radius 3 is 2.79 bits per heavy atom. The van der Waals surface area contributed by atoms with Gasteiger partial charge in [-0.25, -0.2) is 14.4 Å². The average Bonchev–Trinajstić information content (AvgIpc) is 2.58. The van der Waals surface area contributed by atoms with E-state index in [9.17, 15) is 0 Å². The third-order valence-corrected chi connectivity index (χ3v) is 3.99. The minimum Gasteiger partial charge on any atom is -0.252 e. The molecule has 2 rings (SSSR count). The molecular weight excluding hydrogens is 316 g/mol. The van der Waals surface area contributed by atoms with Gasteiger partial charge in [-0.2, -0.15) is 0 Å². The largest absolute Gasteiger partial charge is 0.252 e. The lowest BCUT2D eigenvalue weighted by molar-refractivity contribution is 1.03. The SMILES string of the molecule is C=NS/C(=N\C(=C)/C=C\CC)c1cc(C)cc2nc(CC)cnc12. The lowest BCUT2D eigenvalue weighted by Gasteiger charge is -2.09. The molecule has 2 aromatic rings. The lowest BCUT2D eigenvalue weighted by atomic mass is 10.1. The van der Waals surface area contributed by atoms with E-state index < -0.39 is 0 Å². The van der Waals surface area contributed by atoms with E-state index >= 15 is 0 Å². The van der Waals surface area contributed by atoms with E-state index in [1.807, 2.05) is 31.3 Å². The van der Waals surface area contributed by atoms with Gasteiger partial charge >= 0.3 is 0 Å². The van der Waals surface area contributed by atoms with Crippen molar-refractivity contribution in [3.63, 3.8) is 0 Å². The van der Waals surface area contributed by atoms with Crippen LogP contribution in [0.15, 0.2) is 52.1 Å². The van der Waals surface area contributed by atoms with Crippen LogP contribution in [-0.4, -0.2) is 21.7 Å². The van der Waals surface area contributed by atoms with Crippen molar-refractivity contribution in [3.8, 4) is 0 Å². The van der Waals surface area contributed by atoms with Gasteiger partial charge in [0.05, 0.1) is 22.4 Å². The first kappa shape index (κ1) is 18.1. The van der Waals surface area contributed by atoms with Crippen LogP contribution in [0.25, 0.3) is 11.0 Å². The van der Waals surface area contributed by atoms with Crippen LogP contribution in [0, 0.1) is 6.92 Å². The molecule has 0 aliphatic carbocycles. The molecule has 124 valence electrons. The Bertz CT molecular complexity index is 821. The number of aryl methyl sites for hydroxylation is 2. The maximum absolute atomic E-state index is 4.68. The standard InChI is InChI=1S/C19H22N4S/c1-6-8-9-14(4)22-19(24-20-5)16-10-13(3)11-17-18(16)21-12-15(7-2)23-17/h8-12H,4-7H2,1-3H3/b9-8-,22-19-. The van der Waals surface area contributed by atoms with Crippen molar-refractivity contribution in [1.29, 1.82) is 0 Å². The van der Waals surface area contributed by atoms with Gasteiger partial charge in [-0.15, -0.1) is 0 Å². The van der Waals surface area contributed by atoms with Crippen molar-refractivity contribution < 1.29 is 0 Å². The second-order valence-corrected chi connectivity index (χ2v) is 6.16. The number of hydrogen-bond acceptors (Lipinski definition) is 5. The van der Waals surface area contributed by atoms with Gasteiger partial charge in [0.2, 0.25) is 0 Å². The molecule has 0 saturated carbocycles. The first-order chi connectivity index (χ1) is 11.6. The fourth-order valence-corrected chi connectivity index (χ4v) is 2.78. The molecule has 5 heteroatoms. The third-order valence-electron chi connectivity index (χ3n) is 3.38. The molecule has 1 aromatic carbocycles. The van der Waals surface area contributed by atoms with E-state index in [0.717, 1.165) is 45.7 Å². The van der Waals surface area contributed by atoms with Gasteiger partial charge in [-0.1, -0.05) is 26.5 Å². The molecule has 4 nitrogen and oxygen atoms in total. The molecule has 0 saturated heterocycles. The fourth-order valence-electron chi connectivity index (χ4n) is 2.25. The van der Waals surface area contributed by atoms with Gasteiger partial charge in [-0.3, -0.25) is 4.98 Å². The van der Waals surface area contributed by atoms with Crippen molar-refractivity contribution in [3.05, 3.63) is 59.6 Å². The van der Waals surface area contributed by atoms with Crippen molar-refractivity contribution in [2.24, 2.45) is 9.39 Å². The summed E-state index contributed by atoms with van der Waals surface area (Å²) in [4.78, 5) is 13.9. The van der Waals surface area contributed by atoms with E-state index in [1.54, 1.807) is 0 Å². The highest BCUT2D eigenvalue weighted by molar-refractivity contribution is 8.13. The zero-order chi connectivity index (χ0) is 17.5. The zero-order valence-corrected chi connectivity index (χ0v) is 15.2. The molecule has 0 aliphatic rings. The van der Waals surface area contributed by atoms with Crippen molar-refractivity contribution in [2.75, 3.05) is 0 Å². The number of nitrogens with zero attached hydrogens (tertiary/aromatic N) is 4. The predicted octanol–water partition coefficient (Wildman–Crippen LogP) is 5.08. The van der Waals surface area contributed by atoms with Crippen LogP contribution >= 0.6 is 11.9 Å². The zero-order valence-electron chi connectivity index (χ0n) is 14.4. The smallest absolute Gasteiger partial charge is 0.129 e. The molecule has 0 radical (unpaired) electrons. The maximum atomic E-state index is 4.68. The van der Waals surface area contributed by atoms with Gasteiger partial charge in [0.1, 0.15) is 5.04 Å². The highest BCUT2D eigenvalue weighted by Gasteiger charge is 2.13. The molecule has 0 N–H and O–H groups in total. The maximum Gasteiger partial charge on any atom is 0.129 e. The van der Waals surface area contributed by atoms with Gasteiger partial charge in [0.25, 0.3) is 0 Å². The number of rotatable bonds is 6. The molecule has 1 heterocycles. The topological polar surface area (TPSA) is 50.5 Å². The van der Waals surface area contributed by atoms with Gasteiger partial charge in [0, 0.05) is 23.7 Å². The van der Waals surface area contributed by atoms with E-state index in [-0.39, 0.29) is 0 Å². The molecule has 0 bridgehead atoms. The van der Waals surface area contributed by atoms with Crippen LogP contribution in [0.3, 0.4) is 0 Å². The molecular formula is C19H22N4S. The summed E-state index contributed by atoms with van der Waals surface area (Å²) in [5.41, 5.74) is 5.35. The van der Waals surface area contributed by atoms with Crippen LogP contribution in [0.4, 0.5) is 0 Å². The molecule has 0 unspecified atom stereocenters. The summed E-state index contributed by atoms with van der Waals surface area (Å²) in [5.74, 6) is 0. The van der Waals surface area contributed by atoms with E-state index in [0.29, 0.717) is 5.70 Å². The molecule has 0 spiro atoms. The second-order valence-electron chi connectivity index (χ2n) is 5.33. The van der Waals surface area contributed by atoms with Crippen LogP contribution in [0.5, 0.6) is 0 Å². The lowest BCUT2D eigenvalue weighted by Crippen LogP contribution is -2.01. The monoisotopic (exact) mass is 338 g/mol. The normalized spacial score (nSPS) is 12.0. The highest BCUT2D eigenvalue weighted by atomic mass is 32.2. The van der Waals surface area contributed by atoms with Crippen molar-refractivity contribution in [1.82, 2.24) is 9.97 Å². The predicted molar refractivity (Wildman–Crippen MR) is 106 cm³/mol. The Labute approximate surface area is 147 Å². The Balaban J connectivity index is 2.61. The Morgan fingerprint density at radius 1 is 1.33 bits per heavy atom. The number of aliphatic imine (C=N–C) groups is 1. The summed E-state index contributed by atoms with van der Waals surface area (Å²) in [7, 11) is 0. The van der Waals surface area contributed by atoms with Crippen molar-refractivity contribution in [2.45, 2.75) is 33.6 Å². The van der Waals surface area contributed by atoms with Gasteiger partial charge in [0.15, 0.2) is 0 Å². The summed E-state index contributed by atoms with van der Waals surface area (Å²) in [5, 5.41) is 0.725. The molecule has 0 aliphatic heterocycles. The summed E-state index contributed by atoms with van der Waals surface area (Å²) < 4.78 is 3.94. The second kappa shape index (κ2) is 8.55. The summed E-state index contributed by atoms with van der Waals surface area (Å²) in [6.07, 6.45) is 7.54. The van der Waals surface area contributed by atoms with Crippen LogP contribution in [0.2, 0.25) is 0 Å². The fraction of sp³-hybridized carbons (Fsp3) is 0.263. The Morgan fingerprint density at radius 2 is 2.12 bits per heavy atom. The minimum absolute atomic E-state index is 0.677. The number of benzene rings is 1. The molecule has 1 aromatic heterocycles. The molecule has 0 amide bonds. The van der Waals surface area contributed by atoms with Crippen LogP contribution < -0.4 is 0 Å². The molecule has 24 heavy (non-hydrogen) atoms. The van der Waals surface area contributed by atoms with E-state index in [2.05, 4.69) is 52.6 Å². The number of hydrogen-bond donors (Lipinski definition) is 0. The number of allylic oxidation sites excluding steroid dienone is 2. The number of fused-ring (bicyclic) bond motifs is 1. The van der Waals surface area contributed by atoms with Crippen LogP contribution in [0.1, 0.15) is 37.1 Å². The summed E-state index contributed by atoms with van der Waals surface area (Å²) in [6, 6.07) is 4.09. The van der Waals surface area contributed by atoms with Crippen LogP contribution in [-0.2, 0) is 6.42 Å². The quantitative estimate of drug-likeness (QED) is 0.319. The highest BCUT2D eigenvalue weighted by Crippen LogP contribution is 2.24. The Hall–Kier alpha value is -2.27. The number of aromatic nitrogens is 2. The molecule has 0 fully saturated rings. The van der Waals surface area contributed by atoms with E-state index in [4.69, 9.17) is 0 Å². The Kier molecular flexibility index (Phi) is 6.44.